The SMILES string of the molecule is CC[C@H]1CC[C@H](CC)OS(=O)(=O)O1. The summed E-state index contributed by atoms with van der Waals surface area (Å²) in [5.74, 6) is 0. The van der Waals surface area contributed by atoms with E-state index in [0.717, 1.165) is 12.8 Å². The minimum atomic E-state index is -3.74. The molecule has 0 spiro atoms. The molecule has 1 aliphatic heterocycles. The highest BCUT2D eigenvalue weighted by Crippen LogP contribution is 2.22. The lowest BCUT2D eigenvalue weighted by molar-refractivity contribution is 0.159. The Morgan fingerprint density at radius 3 is 1.77 bits per heavy atom. The highest BCUT2D eigenvalue weighted by Gasteiger charge is 2.27. The van der Waals surface area contributed by atoms with E-state index in [4.69, 9.17) is 8.37 Å². The van der Waals surface area contributed by atoms with Crippen LogP contribution >= 0.6 is 0 Å². The van der Waals surface area contributed by atoms with E-state index < -0.39 is 10.4 Å². The molecule has 0 amide bonds. The Labute approximate surface area is 79.6 Å². The lowest BCUT2D eigenvalue weighted by Gasteiger charge is -2.09. The van der Waals surface area contributed by atoms with Gasteiger partial charge >= 0.3 is 10.4 Å². The van der Waals surface area contributed by atoms with E-state index in [0.29, 0.717) is 12.8 Å². The fraction of sp³-hybridized carbons (Fsp3) is 1.00. The van der Waals surface area contributed by atoms with Gasteiger partial charge in [-0.3, -0.25) is 0 Å². The highest BCUT2D eigenvalue weighted by molar-refractivity contribution is 7.81. The zero-order chi connectivity index (χ0) is 9.90. The highest BCUT2D eigenvalue weighted by atomic mass is 32.3. The number of hydrogen-bond acceptors (Lipinski definition) is 4. The van der Waals surface area contributed by atoms with Gasteiger partial charge in [0.1, 0.15) is 0 Å². The predicted octanol–water partition coefficient (Wildman–Crippen LogP) is 1.62. The predicted molar refractivity (Wildman–Crippen MR) is 48.5 cm³/mol. The molecule has 13 heavy (non-hydrogen) atoms. The van der Waals surface area contributed by atoms with Crippen molar-refractivity contribution >= 4 is 10.4 Å². The zero-order valence-electron chi connectivity index (χ0n) is 8.02. The molecule has 1 rings (SSSR count). The van der Waals surface area contributed by atoms with Crippen LogP contribution in [-0.2, 0) is 18.8 Å². The van der Waals surface area contributed by atoms with Gasteiger partial charge in [0.15, 0.2) is 0 Å². The first kappa shape index (κ1) is 10.9. The Kier molecular flexibility index (Phi) is 3.70. The molecule has 0 aromatic carbocycles. The largest absolute Gasteiger partial charge is 0.400 e. The molecule has 2 atom stereocenters. The molecule has 0 N–H and O–H groups in total. The van der Waals surface area contributed by atoms with Crippen molar-refractivity contribution in [3.05, 3.63) is 0 Å². The molecule has 0 saturated carbocycles. The van der Waals surface area contributed by atoms with Crippen LogP contribution in [0.2, 0.25) is 0 Å². The van der Waals surface area contributed by atoms with Crippen LogP contribution in [0, 0.1) is 0 Å². The van der Waals surface area contributed by atoms with Crippen molar-refractivity contribution in [2.24, 2.45) is 0 Å². The molecule has 1 heterocycles. The molecule has 5 heteroatoms. The molecule has 0 aromatic heterocycles. The molecule has 1 fully saturated rings. The van der Waals surface area contributed by atoms with Gasteiger partial charge in [-0.1, -0.05) is 13.8 Å². The normalized spacial score (nSPS) is 34.0. The van der Waals surface area contributed by atoms with Gasteiger partial charge in [0.25, 0.3) is 0 Å². The van der Waals surface area contributed by atoms with E-state index in [-0.39, 0.29) is 12.2 Å². The van der Waals surface area contributed by atoms with Gasteiger partial charge < -0.3 is 0 Å². The number of rotatable bonds is 2. The lowest BCUT2D eigenvalue weighted by atomic mass is 10.1. The first-order chi connectivity index (χ1) is 6.07. The van der Waals surface area contributed by atoms with Crippen molar-refractivity contribution < 1.29 is 16.8 Å². The molecule has 1 aliphatic rings. The Morgan fingerprint density at radius 2 is 1.46 bits per heavy atom. The van der Waals surface area contributed by atoms with E-state index in [9.17, 15) is 8.42 Å². The quantitative estimate of drug-likeness (QED) is 0.692. The summed E-state index contributed by atoms with van der Waals surface area (Å²) >= 11 is 0. The zero-order valence-corrected chi connectivity index (χ0v) is 8.84. The summed E-state index contributed by atoms with van der Waals surface area (Å²) in [6.45, 7) is 3.82. The smallest absolute Gasteiger partial charge is 0.245 e. The second-order valence-electron chi connectivity index (χ2n) is 3.24. The average Bonchev–Trinajstić information content (AvgIpc) is 2.23. The molecule has 4 nitrogen and oxygen atoms in total. The maximum absolute atomic E-state index is 11.2. The summed E-state index contributed by atoms with van der Waals surface area (Å²) in [5, 5.41) is 0. The van der Waals surface area contributed by atoms with Crippen molar-refractivity contribution in [2.45, 2.75) is 51.7 Å². The third-order valence-electron chi connectivity index (χ3n) is 2.23. The summed E-state index contributed by atoms with van der Waals surface area (Å²) in [4.78, 5) is 0. The van der Waals surface area contributed by atoms with Gasteiger partial charge in [-0.25, -0.2) is 8.37 Å². The van der Waals surface area contributed by atoms with Crippen molar-refractivity contribution in [1.29, 1.82) is 0 Å². The monoisotopic (exact) mass is 208 g/mol. The summed E-state index contributed by atoms with van der Waals surface area (Å²) in [6, 6.07) is 0. The summed E-state index contributed by atoms with van der Waals surface area (Å²) in [6.07, 6.45) is 2.52. The van der Waals surface area contributed by atoms with Crippen LogP contribution in [0.25, 0.3) is 0 Å². The molecular formula is C8H16O4S. The maximum Gasteiger partial charge on any atom is 0.400 e. The molecule has 0 aliphatic carbocycles. The third-order valence-corrected chi connectivity index (χ3v) is 3.24. The molecule has 0 radical (unpaired) electrons. The van der Waals surface area contributed by atoms with Gasteiger partial charge in [0, 0.05) is 0 Å². The molecule has 0 bridgehead atoms. The van der Waals surface area contributed by atoms with E-state index in [1.807, 2.05) is 13.8 Å². The van der Waals surface area contributed by atoms with E-state index in [1.54, 1.807) is 0 Å². The van der Waals surface area contributed by atoms with E-state index in [1.165, 1.54) is 0 Å². The van der Waals surface area contributed by atoms with Gasteiger partial charge in [-0.05, 0) is 25.7 Å². The second kappa shape index (κ2) is 4.39. The van der Waals surface area contributed by atoms with Crippen LogP contribution in [0.4, 0.5) is 0 Å². The van der Waals surface area contributed by atoms with Crippen LogP contribution in [-0.4, -0.2) is 20.6 Å². The second-order valence-corrected chi connectivity index (χ2v) is 4.44. The molecule has 1 saturated heterocycles. The topological polar surface area (TPSA) is 52.6 Å². The third kappa shape index (κ3) is 3.25. The first-order valence-corrected chi connectivity index (χ1v) is 6.02. The Balaban J connectivity index is 2.69. The number of hydrogen-bond donors (Lipinski definition) is 0. The summed E-state index contributed by atoms with van der Waals surface area (Å²) < 4.78 is 32.0. The van der Waals surface area contributed by atoms with Crippen LogP contribution in [0.1, 0.15) is 39.5 Å². The minimum absolute atomic E-state index is 0.207. The van der Waals surface area contributed by atoms with Crippen LogP contribution in [0.5, 0.6) is 0 Å². The van der Waals surface area contributed by atoms with Gasteiger partial charge in [-0.2, -0.15) is 8.42 Å². The molecular weight excluding hydrogens is 192 g/mol. The Hall–Kier alpha value is -0.130. The van der Waals surface area contributed by atoms with Crippen molar-refractivity contribution in [1.82, 2.24) is 0 Å². The van der Waals surface area contributed by atoms with E-state index in [2.05, 4.69) is 0 Å². The van der Waals surface area contributed by atoms with Crippen LogP contribution in [0.15, 0.2) is 0 Å². The Bertz CT molecular complexity index is 227. The fourth-order valence-electron chi connectivity index (χ4n) is 1.37. The van der Waals surface area contributed by atoms with Gasteiger partial charge in [0.05, 0.1) is 12.2 Å². The van der Waals surface area contributed by atoms with Gasteiger partial charge in [0.2, 0.25) is 0 Å². The standard InChI is InChI=1S/C8H16O4S/c1-3-7-5-6-8(4-2)12-13(9,10)11-7/h7-8H,3-6H2,1-2H3/t7-,8-/m0/s1. The summed E-state index contributed by atoms with van der Waals surface area (Å²) in [7, 11) is -3.74. The van der Waals surface area contributed by atoms with Crippen LogP contribution < -0.4 is 0 Å². The van der Waals surface area contributed by atoms with E-state index >= 15 is 0 Å². The van der Waals surface area contributed by atoms with Crippen LogP contribution in [0.3, 0.4) is 0 Å². The summed E-state index contributed by atoms with van der Waals surface area (Å²) in [5.41, 5.74) is 0. The average molecular weight is 208 g/mol. The van der Waals surface area contributed by atoms with Crippen molar-refractivity contribution in [2.75, 3.05) is 0 Å². The van der Waals surface area contributed by atoms with Crippen molar-refractivity contribution in [3.63, 3.8) is 0 Å². The molecule has 0 unspecified atom stereocenters. The lowest BCUT2D eigenvalue weighted by Crippen LogP contribution is -2.17. The van der Waals surface area contributed by atoms with Gasteiger partial charge in [-0.15, -0.1) is 0 Å². The van der Waals surface area contributed by atoms with Crippen molar-refractivity contribution in [3.8, 4) is 0 Å². The Morgan fingerprint density at radius 1 is 1.08 bits per heavy atom. The molecule has 0 aromatic rings. The first-order valence-electron chi connectivity index (χ1n) is 4.69. The minimum Gasteiger partial charge on any atom is -0.245 e. The molecule has 78 valence electrons. The fourth-order valence-corrected chi connectivity index (χ4v) is 2.54. The maximum atomic E-state index is 11.2.